The molecule has 3 heteroatoms. The van der Waals surface area contributed by atoms with Crippen LogP contribution in [0, 0.1) is 0 Å². The lowest BCUT2D eigenvalue weighted by Gasteiger charge is -2.09. The van der Waals surface area contributed by atoms with E-state index >= 15 is 0 Å². The minimum absolute atomic E-state index is 0.113. The molecular formula is C20H14O3. The molecule has 0 amide bonds. The van der Waals surface area contributed by atoms with Crippen LogP contribution in [0.4, 0.5) is 0 Å². The number of ether oxygens (including phenoxy) is 1. The van der Waals surface area contributed by atoms with Crippen LogP contribution in [-0.2, 0) is 0 Å². The SMILES string of the molecule is COc1ccc2cc(C3C(=O)c4ccccc4C3=O)ccc2c1. The molecule has 0 atom stereocenters. The van der Waals surface area contributed by atoms with Crippen molar-refractivity contribution < 1.29 is 14.3 Å². The van der Waals surface area contributed by atoms with Gasteiger partial charge in [0.25, 0.3) is 0 Å². The zero-order valence-electron chi connectivity index (χ0n) is 12.6. The van der Waals surface area contributed by atoms with E-state index in [1.807, 2.05) is 36.4 Å². The van der Waals surface area contributed by atoms with E-state index in [1.54, 1.807) is 31.4 Å². The maximum atomic E-state index is 12.6. The molecule has 23 heavy (non-hydrogen) atoms. The fourth-order valence-electron chi connectivity index (χ4n) is 3.19. The van der Waals surface area contributed by atoms with E-state index in [-0.39, 0.29) is 11.6 Å². The summed E-state index contributed by atoms with van der Waals surface area (Å²) in [4.78, 5) is 25.2. The van der Waals surface area contributed by atoms with Gasteiger partial charge in [-0.25, -0.2) is 0 Å². The van der Waals surface area contributed by atoms with Gasteiger partial charge in [-0.3, -0.25) is 9.59 Å². The third-order valence-corrected chi connectivity index (χ3v) is 4.39. The monoisotopic (exact) mass is 302 g/mol. The van der Waals surface area contributed by atoms with E-state index in [0.717, 1.165) is 22.1 Å². The van der Waals surface area contributed by atoms with Gasteiger partial charge in [0, 0.05) is 11.1 Å². The van der Waals surface area contributed by atoms with Gasteiger partial charge >= 0.3 is 0 Å². The van der Waals surface area contributed by atoms with Crippen LogP contribution in [0.5, 0.6) is 5.75 Å². The Morgan fingerprint density at radius 2 is 1.39 bits per heavy atom. The van der Waals surface area contributed by atoms with Gasteiger partial charge in [0.2, 0.25) is 0 Å². The van der Waals surface area contributed by atoms with E-state index in [9.17, 15) is 9.59 Å². The fraction of sp³-hybridized carbons (Fsp3) is 0.100. The first-order valence-corrected chi connectivity index (χ1v) is 7.44. The summed E-state index contributed by atoms with van der Waals surface area (Å²) in [5.74, 6) is -0.165. The molecule has 0 unspecified atom stereocenters. The van der Waals surface area contributed by atoms with E-state index in [0.29, 0.717) is 11.1 Å². The lowest BCUT2D eigenvalue weighted by molar-refractivity contribution is 0.0890. The minimum Gasteiger partial charge on any atom is -0.497 e. The van der Waals surface area contributed by atoms with Crippen molar-refractivity contribution in [2.75, 3.05) is 7.11 Å². The summed E-state index contributed by atoms with van der Waals surface area (Å²) >= 11 is 0. The van der Waals surface area contributed by atoms with Crippen molar-refractivity contribution in [1.82, 2.24) is 0 Å². The number of Topliss-reactive ketones (excluding diaryl/α,β-unsaturated/α-hetero) is 2. The Bertz CT molecular complexity index is 921. The molecule has 0 N–H and O–H groups in total. The molecule has 0 fully saturated rings. The Hall–Kier alpha value is -2.94. The van der Waals surface area contributed by atoms with Crippen LogP contribution < -0.4 is 4.74 Å². The molecule has 0 heterocycles. The molecule has 0 aromatic heterocycles. The molecule has 3 aromatic carbocycles. The number of rotatable bonds is 2. The van der Waals surface area contributed by atoms with E-state index in [4.69, 9.17) is 4.74 Å². The molecule has 0 spiro atoms. The van der Waals surface area contributed by atoms with Gasteiger partial charge in [-0.05, 0) is 34.5 Å². The van der Waals surface area contributed by atoms with Gasteiger partial charge < -0.3 is 4.74 Å². The highest BCUT2D eigenvalue weighted by atomic mass is 16.5. The second-order valence-electron chi connectivity index (χ2n) is 5.68. The Morgan fingerprint density at radius 1 is 0.783 bits per heavy atom. The standard InChI is InChI=1S/C20H14O3/c1-23-15-9-8-12-10-14(7-6-13(12)11-15)18-19(21)16-4-2-3-5-17(16)20(18)22/h2-11,18H,1H3. The lowest BCUT2D eigenvalue weighted by atomic mass is 9.92. The summed E-state index contributed by atoms with van der Waals surface area (Å²) in [6, 6.07) is 18.5. The van der Waals surface area contributed by atoms with Crippen LogP contribution in [0.2, 0.25) is 0 Å². The minimum atomic E-state index is -0.723. The third kappa shape index (κ3) is 2.05. The molecular weight excluding hydrogens is 288 g/mol. The second-order valence-corrected chi connectivity index (χ2v) is 5.68. The number of hydrogen-bond acceptors (Lipinski definition) is 3. The smallest absolute Gasteiger partial charge is 0.178 e. The summed E-state index contributed by atoms with van der Waals surface area (Å²) in [7, 11) is 1.63. The molecule has 1 aliphatic carbocycles. The summed E-state index contributed by atoms with van der Waals surface area (Å²) < 4.78 is 5.22. The van der Waals surface area contributed by atoms with Crippen molar-refractivity contribution in [3.05, 3.63) is 77.4 Å². The van der Waals surface area contributed by atoms with Gasteiger partial charge in [-0.1, -0.05) is 42.5 Å². The predicted molar refractivity (Wildman–Crippen MR) is 88.3 cm³/mol. The van der Waals surface area contributed by atoms with Crippen molar-refractivity contribution in [2.45, 2.75) is 5.92 Å². The molecule has 0 saturated carbocycles. The molecule has 1 aliphatic rings. The quantitative estimate of drug-likeness (QED) is 0.672. The van der Waals surface area contributed by atoms with E-state index < -0.39 is 5.92 Å². The molecule has 3 aromatic rings. The number of benzene rings is 3. The number of fused-ring (bicyclic) bond motifs is 2. The molecule has 0 bridgehead atoms. The Kier molecular flexibility index (Phi) is 3.01. The van der Waals surface area contributed by atoms with Gasteiger partial charge in [-0.2, -0.15) is 0 Å². The second kappa shape index (κ2) is 5.06. The first-order chi connectivity index (χ1) is 11.2. The third-order valence-electron chi connectivity index (χ3n) is 4.39. The normalized spacial score (nSPS) is 14.3. The van der Waals surface area contributed by atoms with Crippen molar-refractivity contribution in [3.63, 3.8) is 0 Å². The van der Waals surface area contributed by atoms with Crippen LogP contribution in [0.25, 0.3) is 10.8 Å². The Morgan fingerprint density at radius 3 is 2.04 bits per heavy atom. The predicted octanol–water partition coefficient (Wildman–Crippen LogP) is 4.01. The fourth-order valence-corrected chi connectivity index (χ4v) is 3.19. The molecule has 0 saturated heterocycles. The van der Waals surface area contributed by atoms with Gasteiger partial charge in [-0.15, -0.1) is 0 Å². The first kappa shape index (κ1) is 13.7. The highest BCUT2D eigenvalue weighted by Gasteiger charge is 2.39. The van der Waals surface area contributed by atoms with E-state index in [1.165, 1.54) is 0 Å². The van der Waals surface area contributed by atoms with Crippen LogP contribution >= 0.6 is 0 Å². The van der Waals surface area contributed by atoms with Gasteiger partial charge in [0.1, 0.15) is 11.7 Å². The summed E-state index contributed by atoms with van der Waals surface area (Å²) in [6.07, 6.45) is 0. The summed E-state index contributed by atoms with van der Waals surface area (Å²) in [5.41, 5.74) is 1.79. The average molecular weight is 302 g/mol. The van der Waals surface area contributed by atoms with Gasteiger partial charge in [0.15, 0.2) is 11.6 Å². The van der Waals surface area contributed by atoms with Crippen LogP contribution in [0.15, 0.2) is 60.7 Å². The number of carbonyl (C=O) groups excluding carboxylic acids is 2. The molecule has 3 nitrogen and oxygen atoms in total. The van der Waals surface area contributed by atoms with E-state index in [2.05, 4.69) is 0 Å². The van der Waals surface area contributed by atoms with Crippen molar-refractivity contribution in [2.24, 2.45) is 0 Å². The highest BCUT2D eigenvalue weighted by molar-refractivity contribution is 6.29. The number of carbonyl (C=O) groups is 2. The van der Waals surface area contributed by atoms with Crippen molar-refractivity contribution in [1.29, 1.82) is 0 Å². The average Bonchev–Trinajstić information content (AvgIpc) is 2.85. The van der Waals surface area contributed by atoms with Gasteiger partial charge in [0.05, 0.1) is 7.11 Å². The van der Waals surface area contributed by atoms with Crippen molar-refractivity contribution >= 4 is 22.3 Å². The largest absolute Gasteiger partial charge is 0.497 e. The summed E-state index contributed by atoms with van der Waals surface area (Å²) in [6.45, 7) is 0. The van der Waals surface area contributed by atoms with Crippen LogP contribution in [0.1, 0.15) is 32.2 Å². The topological polar surface area (TPSA) is 43.4 Å². The zero-order valence-corrected chi connectivity index (χ0v) is 12.6. The maximum Gasteiger partial charge on any atom is 0.178 e. The Balaban J connectivity index is 1.81. The first-order valence-electron chi connectivity index (χ1n) is 7.44. The van der Waals surface area contributed by atoms with Crippen molar-refractivity contribution in [3.8, 4) is 5.75 Å². The Labute approximate surface area is 133 Å². The maximum absolute atomic E-state index is 12.6. The highest BCUT2D eigenvalue weighted by Crippen LogP contribution is 2.35. The summed E-state index contributed by atoms with van der Waals surface area (Å²) in [5, 5.41) is 2.00. The molecule has 4 rings (SSSR count). The number of hydrogen-bond donors (Lipinski definition) is 0. The number of ketones is 2. The zero-order chi connectivity index (χ0) is 16.0. The lowest BCUT2D eigenvalue weighted by Crippen LogP contribution is -2.12. The number of methoxy groups -OCH3 is 1. The van der Waals surface area contributed by atoms with Crippen LogP contribution in [-0.4, -0.2) is 18.7 Å². The van der Waals surface area contributed by atoms with Crippen LogP contribution in [0.3, 0.4) is 0 Å². The molecule has 112 valence electrons. The molecule has 0 radical (unpaired) electrons. The molecule has 0 aliphatic heterocycles.